The molecule has 1 aromatic rings. The minimum absolute atomic E-state index is 0.0151. The molecule has 1 fully saturated rings. The van der Waals surface area contributed by atoms with Crippen molar-refractivity contribution in [3.63, 3.8) is 0 Å². The van der Waals surface area contributed by atoms with E-state index in [1.165, 1.54) is 0 Å². The first-order valence-electron chi connectivity index (χ1n) is 6.96. The number of aliphatic hydroxyl groups is 1. The molecular weight excluding hydrogens is 276 g/mol. The molecule has 0 radical (unpaired) electrons. The van der Waals surface area contributed by atoms with Gasteiger partial charge in [-0.25, -0.2) is 4.98 Å². The summed E-state index contributed by atoms with van der Waals surface area (Å²) in [5.74, 6) is 0.799. The molecule has 1 aromatic heterocycles. The van der Waals surface area contributed by atoms with Gasteiger partial charge in [0.15, 0.2) is 0 Å². The van der Waals surface area contributed by atoms with E-state index in [2.05, 4.69) is 21.8 Å². The van der Waals surface area contributed by atoms with Crippen molar-refractivity contribution in [1.82, 2.24) is 9.88 Å². The quantitative estimate of drug-likeness (QED) is 0.849. The van der Waals surface area contributed by atoms with E-state index >= 15 is 0 Å². The monoisotopic (exact) mass is 298 g/mol. The minimum atomic E-state index is 0.0151. The van der Waals surface area contributed by atoms with E-state index in [1.54, 1.807) is 0 Å². The zero-order chi connectivity index (χ0) is 14.7. The van der Waals surface area contributed by atoms with Crippen LogP contribution in [0.1, 0.15) is 6.92 Å². The van der Waals surface area contributed by atoms with Gasteiger partial charge >= 0.3 is 0 Å². The summed E-state index contributed by atoms with van der Waals surface area (Å²) in [6.07, 6.45) is 0. The Morgan fingerprint density at radius 2 is 2.00 bits per heavy atom. The summed E-state index contributed by atoms with van der Waals surface area (Å²) < 4.78 is 0. The Labute approximate surface area is 125 Å². The highest BCUT2D eigenvalue weighted by Gasteiger charge is 2.17. The van der Waals surface area contributed by atoms with Gasteiger partial charge in [-0.15, -0.1) is 0 Å². The molecule has 2 rings (SSSR count). The van der Waals surface area contributed by atoms with E-state index in [9.17, 15) is 5.11 Å². The summed E-state index contributed by atoms with van der Waals surface area (Å²) in [4.78, 5) is 11.0. The lowest BCUT2D eigenvalue weighted by atomic mass is 10.2. The van der Waals surface area contributed by atoms with Crippen molar-refractivity contribution in [3.05, 3.63) is 17.3 Å². The molecule has 1 saturated heterocycles. The molecule has 6 heteroatoms. The third kappa shape index (κ3) is 3.53. The topological polar surface area (TPSA) is 42.8 Å². The summed E-state index contributed by atoms with van der Waals surface area (Å²) in [7, 11) is 4.06. The number of likely N-dealkylation sites (N-methyl/N-ethyl adjacent to an activating group) is 2. The highest BCUT2D eigenvalue weighted by Crippen LogP contribution is 2.25. The third-order valence-corrected chi connectivity index (χ3v) is 4.11. The van der Waals surface area contributed by atoms with Gasteiger partial charge in [-0.2, -0.15) is 0 Å². The molecule has 0 aliphatic carbocycles. The van der Waals surface area contributed by atoms with Crippen molar-refractivity contribution < 1.29 is 5.11 Å². The standard InChI is InChI=1S/C14H23ClN4O/c1-11(10-20)18(3)14-9-12(8-13(15)16-14)19-6-4-17(2)5-7-19/h8-9,11,20H,4-7,10H2,1-3H3/t11-/m0/s1. The Morgan fingerprint density at radius 3 is 2.60 bits per heavy atom. The van der Waals surface area contributed by atoms with Gasteiger partial charge in [0, 0.05) is 45.0 Å². The van der Waals surface area contributed by atoms with Crippen LogP contribution in [-0.2, 0) is 0 Å². The fraction of sp³-hybridized carbons (Fsp3) is 0.643. The van der Waals surface area contributed by atoms with Crippen LogP contribution in [0, 0.1) is 0 Å². The van der Waals surface area contributed by atoms with Gasteiger partial charge in [-0.1, -0.05) is 11.6 Å². The van der Waals surface area contributed by atoms with E-state index in [0.717, 1.165) is 37.7 Å². The Hall–Kier alpha value is -1.04. The maximum atomic E-state index is 9.26. The highest BCUT2D eigenvalue weighted by molar-refractivity contribution is 6.29. The largest absolute Gasteiger partial charge is 0.394 e. The summed E-state index contributed by atoms with van der Waals surface area (Å²) in [5.41, 5.74) is 1.10. The van der Waals surface area contributed by atoms with Gasteiger partial charge in [0.25, 0.3) is 0 Å². The Morgan fingerprint density at radius 1 is 1.35 bits per heavy atom. The van der Waals surface area contributed by atoms with Gasteiger partial charge < -0.3 is 19.8 Å². The van der Waals surface area contributed by atoms with Crippen LogP contribution in [0.25, 0.3) is 0 Å². The second kappa shape index (κ2) is 6.61. The fourth-order valence-corrected chi connectivity index (χ4v) is 2.44. The summed E-state index contributed by atoms with van der Waals surface area (Å²) in [6, 6.07) is 3.97. The van der Waals surface area contributed by atoms with Crippen LogP contribution in [0.2, 0.25) is 5.15 Å². The van der Waals surface area contributed by atoms with Crippen molar-refractivity contribution >= 4 is 23.1 Å². The fourth-order valence-electron chi connectivity index (χ4n) is 2.25. The van der Waals surface area contributed by atoms with Crippen LogP contribution in [0.15, 0.2) is 12.1 Å². The Balaban J connectivity index is 2.20. The molecule has 20 heavy (non-hydrogen) atoms. The average Bonchev–Trinajstić information content (AvgIpc) is 2.45. The van der Waals surface area contributed by atoms with Crippen LogP contribution in [-0.4, -0.2) is 67.9 Å². The molecule has 2 heterocycles. The second-order valence-corrected chi connectivity index (χ2v) is 5.83. The SMILES string of the molecule is C[C@@H](CO)N(C)c1cc(N2CCN(C)CC2)cc(Cl)n1. The zero-order valence-electron chi connectivity index (χ0n) is 12.4. The first-order chi connectivity index (χ1) is 9.51. The molecule has 5 nitrogen and oxygen atoms in total. The zero-order valence-corrected chi connectivity index (χ0v) is 13.1. The first kappa shape index (κ1) is 15.4. The summed E-state index contributed by atoms with van der Waals surface area (Å²) in [5, 5.41) is 9.76. The molecule has 0 saturated carbocycles. The number of halogens is 1. The molecule has 0 aromatic carbocycles. The molecule has 0 amide bonds. The molecule has 1 N–H and O–H groups in total. The van der Waals surface area contributed by atoms with E-state index in [0.29, 0.717) is 5.15 Å². The smallest absolute Gasteiger partial charge is 0.133 e. The van der Waals surface area contributed by atoms with Crippen LogP contribution in [0.4, 0.5) is 11.5 Å². The molecule has 1 atom stereocenters. The Kier molecular flexibility index (Phi) is 5.07. The maximum absolute atomic E-state index is 9.26. The average molecular weight is 299 g/mol. The van der Waals surface area contributed by atoms with Gasteiger partial charge in [0.1, 0.15) is 11.0 Å². The van der Waals surface area contributed by atoms with Crippen LogP contribution < -0.4 is 9.80 Å². The number of rotatable bonds is 4. The van der Waals surface area contributed by atoms with Crippen molar-refractivity contribution in [2.75, 3.05) is 56.7 Å². The minimum Gasteiger partial charge on any atom is -0.394 e. The first-order valence-corrected chi connectivity index (χ1v) is 7.34. The van der Waals surface area contributed by atoms with Gasteiger partial charge in [0.2, 0.25) is 0 Å². The maximum Gasteiger partial charge on any atom is 0.133 e. The lowest BCUT2D eigenvalue weighted by Gasteiger charge is -2.34. The molecule has 112 valence electrons. The number of nitrogens with zero attached hydrogens (tertiary/aromatic N) is 4. The van der Waals surface area contributed by atoms with Crippen LogP contribution in [0.5, 0.6) is 0 Å². The predicted molar refractivity (Wildman–Crippen MR) is 83.9 cm³/mol. The van der Waals surface area contributed by atoms with E-state index in [1.807, 2.05) is 31.0 Å². The number of aromatic nitrogens is 1. The molecule has 1 aliphatic rings. The van der Waals surface area contributed by atoms with Crippen molar-refractivity contribution in [2.45, 2.75) is 13.0 Å². The third-order valence-electron chi connectivity index (χ3n) is 3.92. The number of piperazine rings is 1. The number of hydrogen-bond donors (Lipinski definition) is 1. The molecular formula is C14H23ClN4O. The van der Waals surface area contributed by atoms with E-state index in [4.69, 9.17) is 11.6 Å². The molecule has 1 aliphatic heterocycles. The lowest BCUT2D eigenvalue weighted by molar-refractivity contribution is 0.270. The van der Waals surface area contributed by atoms with Crippen LogP contribution >= 0.6 is 11.6 Å². The molecule has 0 unspecified atom stereocenters. The van der Waals surface area contributed by atoms with Crippen molar-refractivity contribution in [1.29, 1.82) is 0 Å². The van der Waals surface area contributed by atoms with Crippen LogP contribution in [0.3, 0.4) is 0 Å². The molecule has 0 bridgehead atoms. The number of anilines is 2. The van der Waals surface area contributed by atoms with Gasteiger partial charge in [0.05, 0.1) is 12.6 Å². The Bertz CT molecular complexity index is 449. The number of hydrogen-bond acceptors (Lipinski definition) is 5. The van der Waals surface area contributed by atoms with Crippen molar-refractivity contribution in [3.8, 4) is 0 Å². The number of pyridine rings is 1. The lowest BCUT2D eigenvalue weighted by Crippen LogP contribution is -2.44. The van der Waals surface area contributed by atoms with Crippen molar-refractivity contribution in [2.24, 2.45) is 0 Å². The van der Waals surface area contributed by atoms with E-state index in [-0.39, 0.29) is 12.6 Å². The predicted octanol–water partition coefficient (Wildman–Crippen LogP) is 1.30. The van der Waals surface area contributed by atoms with Gasteiger partial charge in [-0.3, -0.25) is 0 Å². The molecule has 0 spiro atoms. The number of aliphatic hydroxyl groups excluding tert-OH is 1. The van der Waals surface area contributed by atoms with Gasteiger partial charge in [-0.05, 0) is 20.0 Å². The summed E-state index contributed by atoms with van der Waals surface area (Å²) >= 11 is 6.15. The van der Waals surface area contributed by atoms with E-state index < -0.39 is 0 Å². The highest BCUT2D eigenvalue weighted by atomic mass is 35.5. The normalized spacial score (nSPS) is 18.1. The second-order valence-electron chi connectivity index (χ2n) is 5.44. The summed E-state index contributed by atoms with van der Waals surface area (Å²) in [6.45, 7) is 6.15.